The molecule has 0 spiro atoms. The molecule has 196 valence electrons. The van der Waals surface area contributed by atoms with Crippen LogP contribution in [0.5, 0.6) is 0 Å². The average Bonchev–Trinajstić information content (AvgIpc) is 3.05. The molecule has 0 saturated heterocycles. The minimum atomic E-state index is -0.137. The molecule has 0 bridgehead atoms. The van der Waals surface area contributed by atoms with Crippen molar-refractivity contribution in [3.05, 3.63) is 35.5 Å². The highest BCUT2D eigenvalue weighted by Crippen LogP contribution is 2.71. The predicted octanol–water partition coefficient (Wildman–Crippen LogP) is 9.07. The quantitative estimate of drug-likeness (QED) is 0.280. The molecule has 2 nitrogen and oxygen atoms in total. The first-order valence-electron chi connectivity index (χ1n) is 14.4. The third kappa shape index (κ3) is 4.00. The summed E-state index contributed by atoms with van der Waals surface area (Å²) >= 11 is 0. The zero-order chi connectivity index (χ0) is 26.0. The van der Waals surface area contributed by atoms with Crippen LogP contribution in [0.25, 0.3) is 0 Å². The van der Waals surface area contributed by atoms with E-state index in [2.05, 4.69) is 74.1 Å². The molecular weight excluding hydrogens is 428 g/mol. The number of hydrogen-bond acceptors (Lipinski definition) is 2. The van der Waals surface area contributed by atoms with Crippen molar-refractivity contribution in [2.45, 2.75) is 120 Å². The number of ether oxygens (including phenoxy) is 1. The van der Waals surface area contributed by atoms with E-state index in [4.69, 9.17) is 4.74 Å². The third-order valence-electron chi connectivity index (χ3n) is 12.0. The van der Waals surface area contributed by atoms with Crippen molar-refractivity contribution in [3.8, 4) is 0 Å². The van der Waals surface area contributed by atoms with E-state index in [0.717, 1.165) is 31.1 Å². The van der Waals surface area contributed by atoms with Crippen molar-refractivity contribution in [2.75, 3.05) is 0 Å². The molecule has 0 amide bonds. The Balaban J connectivity index is 1.62. The summed E-state index contributed by atoms with van der Waals surface area (Å²) in [6, 6.07) is 0. The Bertz CT molecular complexity index is 935. The van der Waals surface area contributed by atoms with Gasteiger partial charge in [0.2, 0.25) is 0 Å². The van der Waals surface area contributed by atoms with Gasteiger partial charge >= 0.3 is 5.97 Å². The van der Waals surface area contributed by atoms with Crippen molar-refractivity contribution >= 4 is 5.97 Å². The fourth-order valence-electron chi connectivity index (χ4n) is 9.24. The van der Waals surface area contributed by atoms with Crippen LogP contribution in [0, 0.1) is 45.3 Å². The molecule has 7 atom stereocenters. The van der Waals surface area contributed by atoms with E-state index >= 15 is 0 Å². The fourth-order valence-corrected chi connectivity index (χ4v) is 9.24. The number of carbonyl (C=O) groups excluding carboxylic acids is 1. The molecule has 0 heterocycles. The molecule has 35 heavy (non-hydrogen) atoms. The molecule has 4 aliphatic carbocycles. The predicted molar refractivity (Wildman–Crippen MR) is 147 cm³/mol. The van der Waals surface area contributed by atoms with Crippen LogP contribution < -0.4 is 0 Å². The van der Waals surface area contributed by atoms with E-state index < -0.39 is 0 Å². The first-order chi connectivity index (χ1) is 16.2. The lowest BCUT2D eigenvalue weighted by Gasteiger charge is -2.61. The molecular formula is C33H52O2. The van der Waals surface area contributed by atoms with Crippen LogP contribution in [0.1, 0.15) is 114 Å². The van der Waals surface area contributed by atoms with E-state index in [-0.39, 0.29) is 28.3 Å². The van der Waals surface area contributed by atoms with Crippen molar-refractivity contribution in [2.24, 2.45) is 45.3 Å². The van der Waals surface area contributed by atoms with Crippen molar-refractivity contribution in [3.63, 3.8) is 0 Å². The SMILES string of the molecule is C=C(CCC(C)C1CCC2(C)C3=CCC4C(C)(CCC(OC(C)=O)C4(C)C)C3=CCC12C)C(C)C. The lowest BCUT2D eigenvalue weighted by atomic mass is 9.44. The molecule has 2 fully saturated rings. The molecule has 0 aromatic carbocycles. The summed E-state index contributed by atoms with van der Waals surface area (Å²) < 4.78 is 5.85. The van der Waals surface area contributed by atoms with Crippen LogP contribution in [-0.4, -0.2) is 12.1 Å². The summed E-state index contributed by atoms with van der Waals surface area (Å²) in [4.78, 5) is 11.8. The van der Waals surface area contributed by atoms with Gasteiger partial charge in [-0.15, -0.1) is 0 Å². The normalized spacial score (nSPS) is 40.7. The van der Waals surface area contributed by atoms with Gasteiger partial charge in [0, 0.05) is 12.3 Å². The second-order valence-electron chi connectivity index (χ2n) is 14.3. The maximum Gasteiger partial charge on any atom is 0.302 e. The zero-order valence-electron chi connectivity index (χ0n) is 24.2. The van der Waals surface area contributed by atoms with Gasteiger partial charge in [0.25, 0.3) is 0 Å². The van der Waals surface area contributed by atoms with Gasteiger partial charge in [-0.3, -0.25) is 4.79 Å². The monoisotopic (exact) mass is 480 g/mol. The number of esters is 1. The molecule has 0 aliphatic heterocycles. The number of carbonyl (C=O) groups is 1. The zero-order valence-corrected chi connectivity index (χ0v) is 24.2. The van der Waals surface area contributed by atoms with Crippen molar-refractivity contribution in [1.29, 1.82) is 0 Å². The van der Waals surface area contributed by atoms with E-state index in [1.54, 1.807) is 18.1 Å². The van der Waals surface area contributed by atoms with Gasteiger partial charge in [0.1, 0.15) is 6.10 Å². The maximum absolute atomic E-state index is 11.8. The summed E-state index contributed by atoms with van der Waals surface area (Å²) in [6.45, 7) is 25.4. The molecule has 2 heteroatoms. The molecule has 4 rings (SSSR count). The van der Waals surface area contributed by atoms with Gasteiger partial charge in [-0.05, 0) is 102 Å². The van der Waals surface area contributed by atoms with Crippen molar-refractivity contribution in [1.82, 2.24) is 0 Å². The number of hydrogen-bond donors (Lipinski definition) is 0. The number of allylic oxidation sites excluding steroid dienone is 5. The second-order valence-corrected chi connectivity index (χ2v) is 14.3. The van der Waals surface area contributed by atoms with Crippen LogP contribution in [0.4, 0.5) is 0 Å². The first-order valence-corrected chi connectivity index (χ1v) is 14.4. The lowest BCUT2D eigenvalue weighted by Crippen LogP contribution is -2.55. The second kappa shape index (κ2) is 8.91. The first kappa shape index (κ1) is 26.7. The number of fused-ring (bicyclic) bond motifs is 5. The third-order valence-corrected chi connectivity index (χ3v) is 12.0. The lowest BCUT2D eigenvalue weighted by molar-refractivity contribution is -0.165. The van der Waals surface area contributed by atoms with Gasteiger partial charge in [-0.2, -0.15) is 0 Å². The average molecular weight is 481 g/mol. The molecule has 4 aliphatic rings. The Morgan fingerprint density at radius 2 is 1.74 bits per heavy atom. The molecule has 0 aromatic heterocycles. The maximum atomic E-state index is 11.8. The summed E-state index contributed by atoms with van der Waals surface area (Å²) in [7, 11) is 0. The Morgan fingerprint density at radius 1 is 1.06 bits per heavy atom. The van der Waals surface area contributed by atoms with Crippen LogP contribution in [0.2, 0.25) is 0 Å². The van der Waals surface area contributed by atoms with E-state index in [9.17, 15) is 4.79 Å². The van der Waals surface area contributed by atoms with Crippen LogP contribution in [0.15, 0.2) is 35.5 Å². The van der Waals surface area contributed by atoms with Crippen LogP contribution in [0.3, 0.4) is 0 Å². The van der Waals surface area contributed by atoms with Gasteiger partial charge in [-0.25, -0.2) is 0 Å². The highest BCUT2D eigenvalue weighted by molar-refractivity contribution is 5.66. The fraction of sp³-hybridized carbons (Fsp3) is 0.788. The van der Waals surface area contributed by atoms with Gasteiger partial charge in [-0.1, -0.05) is 79.7 Å². The molecule has 7 unspecified atom stereocenters. The molecule has 0 aromatic rings. The topological polar surface area (TPSA) is 26.3 Å². The van der Waals surface area contributed by atoms with Gasteiger partial charge in [0.05, 0.1) is 0 Å². The Morgan fingerprint density at radius 3 is 2.37 bits per heavy atom. The standard InChI is InChI=1S/C33H52O2/c1-21(2)22(3)11-12-23(4)25-15-19-33(10)27-13-14-28-30(6,7)29(35-24(5)34)17-18-31(28,8)26(27)16-20-32(25,33)9/h13,16,21,23,25,28-29H,3,11-12,14-15,17-20H2,1-2,4-10H3. The van der Waals surface area contributed by atoms with Crippen molar-refractivity contribution < 1.29 is 9.53 Å². The van der Waals surface area contributed by atoms with E-state index in [1.165, 1.54) is 37.7 Å². The van der Waals surface area contributed by atoms with Gasteiger partial charge < -0.3 is 4.74 Å². The summed E-state index contributed by atoms with van der Waals surface area (Å²) in [5, 5.41) is 0. The molecule has 0 radical (unpaired) electrons. The Labute approximate surface area is 216 Å². The Kier molecular flexibility index (Phi) is 6.81. The Hall–Kier alpha value is -1.31. The van der Waals surface area contributed by atoms with E-state index in [1.807, 2.05) is 0 Å². The molecule has 2 saturated carbocycles. The molecule has 0 N–H and O–H groups in total. The van der Waals surface area contributed by atoms with E-state index in [0.29, 0.717) is 17.3 Å². The highest BCUT2D eigenvalue weighted by Gasteiger charge is 2.63. The number of rotatable bonds is 6. The highest BCUT2D eigenvalue weighted by atomic mass is 16.5. The summed E-state index contributed by atoms with van der Waals surface area (Å²) in [6.07, 6.45) is 14.8. The minimum Gasteiger partial charge on any atom is -0.462 e. The smallest absolute Gasteiger partial charge is 0.302 e. The largest absolute Gasteiger partial charge is 0.462 e. The summed E-state index contributed by atoms with van der Waals surface area (Å²) in [5.74, 6) is 2.47. The van der Waals surface area contributed by atoms with Crippen LogP contribution in [-0.2, 0) is 9.53 Å². The summed E-state index contributed by atoms with van der Waals surface area (Å²) in [5.41, 5.74) is 5.47. The van der Waals surface area contributed by atoms with Gasteiger partial charge in [0.15, 0.2) is 0 Å². The van der Waals surface area contributed by atoms with Crippen LogP contribution >= 0.6 is 0 Å². The minimum absolute atomic E-state index is 0.0191.